The van der Waals surface area contributed by atoms with E-state index in [0.29, 0.717) is 30.2 Å². The number of fused-ring (bicyclic) bond motifs is 1. The second-order valence-corrected chi connectivity index (χ2v) is 6.23. The molecule has 1 amide bonds. The molecule has 6 nitrogen and oxygen atoms in total. The maximum absolute atomic E-state index is 12.1. The fourth-order valence-corrected chi connectivity index (χ4v) is 2.78. The van der Waals surface area contributed by atoms with Crippen LogP contribution in [0.4, 0.5) is 11.4 Å². The summed E-state index contributed by atoms with van der Waals surface area (Å²) in [5, 5.41) is 6.09. The van der Waals surface area contributed by atoms with Crippen LogP contribution in [0.1, 0.15) is 6.42 Å². The first kappa shape index (κ1) is 17.7. The number of anilines is 2. The summed E-state index contributed by atoms with van der Waals surface area (Å²) in [5.41, 5.74) is 1.62. The Balaban J connectivity index is 1.23. The first-order valence-electron chi connectivity index (χ1n) is 9.03. The Morgan fingerprint density at radius 1 is 0.857 bits per heavy atom. The Kier molecular flexibility index (Phi) is 5.29. The zero-order valence-corrected chi connectivity index (χ0v) is 15.2. The van der Waals surface area contributed by atoms with E-state index in [1.54, 1.807) is 18.2 Å². The molecule has 142 valence electrons. The third kappa shape index (κ3) is 4.54. The molecule has 0 aromatic heterocycles. The van der Waals surface area contributed by atoms with Gasteiger partial charge < -0.3 is 24.8 Å². The lowest BCUT2D eigenvalue weighted by molar-refractivity contribution is -0.115. The molecule has 2 N–H and O–H groups in total. The maximum atomic E-state index is 12.1. The number of rotatable bonds is 7. The molecule has 0 saturated heterocycles. The monoisotopic (exact) mass is 376 g/mol. The predicted molar refractivity (Wildman–Crippen MR) is 107 cm³/mol. The molecule has 6 heteroatoms. The topological polar surface area (TPSA) is 68.8 Å². The average molecular weight is 376 g/mol. The van der Waals surface area contributed by atoms with Crippen LogP contribution in [0.3, 0.4) is 0 Å². The van der Waals surface area contributed by atoms with Crippen molar-refractivity contribution < 1.29 is 19.0 Å². The molecule has 28 heavy (non-hydrogen) atoms. The summed E-state index contributed by atoms with van der Waals surface area (Å²) >= 11 is 0. The third-order valence-corrected chi connectivity index (χ3v) is 4.17. The number of para-hydroxylation sites is 1. The Hall–Kier alpha value is -3.67. The first-order valence-corrected chi connectivity index (χ1v) is 9.03. The minimum atomic E-state index is -0.0737. The van der Waals surface area contributed by atoms with Gasteiger partial charge in [0, 0.05) is 30.4 Å². The van der Waals surface area contributed by atoms with Crippen LogP contribution in [0.25, 0.3) is 0 Å². The van der Waals surface area contributed by atoms with E-state index >= 15 is 0 Å². The van der Waals surface area contributed by atoms with Crippen LogP contribution in [-0.2, 0) is 4.79 Å². The van der Waals surface area contributed by atoms with Crippen molar-refractivity contribution in [3.63, 3.8) is 0 Å². The summed E-state index contributed by atoms with van der Waals surface area (Å²) in [6.07, 6.45) is 0.344. The molecule has 0 aliphatic carbocycles. The number of benzene rings is 3. The van der Waals surface area contributed by atoms with Crippen LogP contribution in [0.5, 0.6) is 23.0 Å². The summed E-state index contributed by atoms with van der Waals surface area (Å²) in [6.45, 7) is 0.737. The fourth-order valence-electron chi connectivity index (χ4n) is 2.78. The van der Waals surface area contributed by atoms with Crippen molar-refractivity contribution in [3.8, 4) is 23.0 Å². The molecule has 4 rings (SSSR count). The molecule has 0 radical (unpaired) electrons. The molecule has 0 unspecified atom stereocenters. The summed E-state index contributed by atoms with van der Waals surface area (Å²) in [7, 11) is 0. The number of hydrogen-bond donors (Lipinski definition) is 2. The molecule has 0 bridgehead atoms. The minimum Gasteiger partial charge on any atom is -0.457 e. The molecular weight excluding hydrogens is 356 g/mol. The molecule has 0 fully saturated rings. The van der Waals surface area contributed by atoms with E-state index < -0.39 is 0 Å². The molecule has 1 aliphatic heterocycles. The van der Waals surface area contributed by atoms with E-state index in [2.05, 4.69) is 10.6 Å². The van der Waals surface area contributed by atoms with E-state index in [9.17, 15) is 4.79 Å². The van der Waals surface area contributed by atoms with Gasteiger partial charge in [-0.05, 0) is 48.5 Å². The molecule has 1 heterocycles. The van der Waals surface area contributed by atoms with Crippen LogP contribution in [0.2, 0.25) is 0 Å². The standard InChI is InChI=1S/C22H20N2O4/c25-22(24-17-8-11-20-21(14-17)27-15-26-20)12-13-23-16-6-9-19(10-7-16)28-18-4-2-1-3-5-18/h1-11,14,23H,12-13,15H2,(H,24,25). The number of amides is 1. The number of carbonyl (C=O) groups is 1. The molecular formula is C22H20N2O4. The Morgan fingerprint density at radius 3 is 2.39 bits per heavy atom. The SMILES string of the molecule is O=C(CCNc1ccc(Oc2ccccc2)cc1)Nc1ccc2c(c1)OCO2. The maximum Gasteiger partial charge on any atom is 0.231 e. The second-order valence-electron chi connectivity index (χ2n) is 6.23. The van der Waals surface area contributed by atoms with Gasteiger partial charge in [0.1, 0.15) is 11.5 Å². The quantitative estimate of drug-likeness (QED) is 0.628. The Morgan fingerprint density at radius 2 is 1.57 bits per heavy atom. The number of hydrogen-bond acceptors (Lipinski definition) is 5. The van der Waals surface area contributed by atoms with E-state index in [4.69, 9.17) is 14.2 Å². The second kappa shape index (κ2) is 8.35. The van der Waals surface area contributed by atoms with Crippen LogP contribution in [0, 0.1) is 0 Å². The van der Waals surface area contributed by atoms with Crippen LogP contribution in [-0.4, -0.2) is 19.2 Å². The van der Waals surface area contributed by atoms with Crippen molar-refractivity contribution in [1.29, 1.82) is 0 Å². The van der Waals surface area contributed by atoms with Crippen LogP contribution >= 0.6 is 0 Å². The minimum absolute atomic E-state index is 0.0737. The average Bonchev–Trinajstić information content (AvgIpc) is 3.18. The van der Waals surface area contributed by atoms with Crippen molar-refractivity contribution in [3.05, 3.63) is 72.8 Å². The van der Waals surface area contributed by atoms with Gasteiger partial charge in [-0.3, -0.25) is 4.79 Å². The summed E-state index contributed by atoms with van der Waals surface area (Å²) < 4.78 is 16.3. The van der Waals surface area contributed by atoms with Gasteiger partial charge >= 0.3 is 0 Å². The van der Waals surface area contributed by atoms with Crippen LogP contribution < -0.4 is 24.8 Å². The number of ether oxygens (including phenoxy) is 3. The van der Waals surface area contributed by atoms with Crippen molar-refractivity contribution in [1.82, 2.24) is 0 Å². The zero-order chi connectivity index (χ0) is 19.2. The van der Waals surface area contributed by atoms with Crippen molar-refractivity contribution in [2.45, 2.75) is 6.42 Å². The summed E-state index contributed by atoms with van der Waals surface area (Å²) in [6, 6.07) is 22.6. The van der Waals surface area contributed by atoms with Gasteiger partial charge in [0.25, 0.3) is 0 Å². The van der Waals surface area contributed by atoms with Gasteiger partial charge in [-0.25, -0.2) is 0 Å². The molecule has 3 aromatic carbocycles. The van der Waals surface area contributed by atoms with E-state index in [1.165, 1.54) is 0 Å². The highest BCUT2D eigenvalue weighted by Gasteiger charge is 2.14. The highest BCUT2D eigenvalue weighted by molar-refractivity contribution is 5.91. The molecule has 0 atom stereocenters. The van der Waals surface area contributed by atoms with Crippen LogP contribution in [0.15, 0.2) is 72.8 Å². The lowest BCUT2D eigenvalue weighted by atomic mass is 10.2. The number of nitrogens with one attached hydrogen (secondary N) is 2. The van der Waals surface area contributed by atoms with E-state index in [-0.39, 0.29) is 12.7 Å². The molecule has 1 aliphatic rings. The lowest BCUT2D eigenvalue weighted by Crippen LogP contribution is -2.16. The third-order valence-electron chi connectivity index (χ3n) is 4.17. The Labute approximate surface area is 163 Å². The molecule has 0 spiro atoms. The lowest BCUT2D eigenvalue weighted by Gasteiger charge is -2.09. The zero-order valence-electron chi connectivity index (χ0n) is 15.2. The van der Waals surface area contributed by atoms with Crippen molar-refractivity contribution >= 4 is 17.3 Å². The largest absolute Gasteiger partial charge is 0.457 e. The predicted octanol–water partition coefficient (Wildman–Crippen LogP) is 4.65. The summed E-state index contributed by atoms with van der Waals surface area (Å²) in [4.78, 5) is 12.1. The smallest absolute Gasteiger partial charge is 0.231 e. The van der Waals surface area contributed by atoms with Gasteiger partial charge in [0.2, 0.25) is 12.7 Å². The molecule has 0 saturated carbocycles. The Bertz CT molecular complexity index is 943. The van der Waals surface area contributed by atoms with Gasteiger partial charge in [0.05, 0.1) is 0 Å². The van der Waals surface area contributed by atoms with Gasteiger partial charge in [-0.15, -0.1) is 0 Å². The van der Waals surface area contributed by atoms with Crippen molar-refractivity contribution in [2.24, 2.45) is 0 Å². The highest BCUT2D eigenvalue weighted by Crippen LogP contribution is 2.34. The van der Waals surface area contributed by atoms with Gasteiger partial charge in [-0.1, -0.05) is 18.2 Å². The van der Waals surface area contributed by atoms with Crippen molar-refractivity contribution in [2.75, 3.05) is 24.0 Å². The van der Waals surface area contributed by atoms with Gasteiger partial charge in [-0.2, -0.15) is 0 Å². The summed E-state index contributed by atoms with van der Waals surface area (Å²) in [5.74, 6) is 2.82. The fraction of sp³-hybridized carbons (Fsp3) is 0.136. The van der Waals surface area contributed by atoms with E-state index in [1.807, 2.05) is 54.6 Å². The van der Waals surface area contributed by atoms with Gasteiger partial charge in [0.15, 0.2) is 11.5 Å². The molecule has 3 aromatic rings. The normalized spacial score (nSPS) is 11.7. The highest BCUT2D eigenvalue weighted by atomic mass is 16.7. The van der Waals surface area contributed by atoms with E-state index in [0.717, 1.165) is 17.2 Å². The first-order chi connectivity index (χ1) is 13.8. The number of carbonyl (C=O) groups excluding carboxylic acids is 1.